The molecular formula is C21H22F2N4O2. The van der Waals surface area contributed by atoms with E-state index in [4.69, 9.17) is 4.52 Å². The highest BCUT2D eigenvalue weighted by Gasteiger charge is 2.26. The van der Waals surface area contributed by atoms with Gasteiger partial charge in [0.25, 0.3) is 5.91 Å². The van der Waals surface area contributed by atoms with E-state index in [2.05, 4.69) is 21.6 Å². The summed E-state index contributed by atoms with van der Waals surface area (Å²) in [6.07, 6.45) is 6.54. The fourth-order valence-corrected chi connectivity index (χ4v) is 3.74. The number of aryl methyl sites for hydroxylation is 1. The van der Waals surface area contributed by atoms with Gasteiger partial charge in [0.05, 0.1) is 0 Å². The maximum atomic E-state index is 13.4. The van der Waals surface area contributed by atoms with Crippen molar-refractivity contribution in [3.8, 4) is 11.3 Å². The second-order valence-corrected chi connectivity index (χ2v) is 7.29. The van der Waals surface area contributed by atoms with Gasteiger partial charge in [-0.25, -0.2) is 13.8 Å². The van der Waals surface area contributed by atoms with E-state index in [9.17, 15) is 13.6 Å². The second-order valence-electron chi connectivity index (χ2n) is 7.29. The van der Waals surface area contributed by atoms with E-state index in [1.54, 1.807) is 4.90 Å². The molecule has 0 aliphatic carbocycles. The van der Waals surface area contributed by atoms with Gasteiger partial charge in [-0.15, -0.1) is 0 Å². The number of nitrogens with zero attached hydrogens (tertiary/aromatic N) is 4. The molecule has 6 nitrogen and oxygen atoms in total. The third-order valence-electron chi connectivity index (χ3n) is 5.41. The number of benzene rings is 1. The Kier molecular flexibility index (Phi) is 5.42. The van der Waals surface area contributed by atoms with Gasteiger partial charge in [0.1, 0.15) is 5.82 Å². The van der Waals surface area contributed by atoms with E-state index in [0.29, 0.717) is 24.6 Å². The summed E-state index contributed by atoms with van der Waals surface area (Å²) in [7, 11) is 0. The Bertz CT molecular complexity index is 1010. The van der Waals surface area contributed by atoms with E-state index in [1.807, 2.05) is 12.4 Å². The molecule has 0 N–H and O–H groups in total. The van der Waals surface area contributed by atoms with Crippen LogP contribution in [0.15, 0.2) is 41.2 Å². The number of amides is 1. The molecular weight excluding hydrogens is 378 g/mol. The quantitative estimate of drug-likeness (QED) is 0.651. The molecule has 1 aromatic carbocycles. The van der Waals surface area contributed by atoms with Crippen molar-refractivity contribution in [1.82, 2.24) is 19.6 Å². The molecule has 1 amide bonds. The van der Waals surface area contributed by atoms with Crippen LogP contribution in [0.4, 0.5) is 8.78 Å². The number of rotatable bonds is 5. The minimum atomic E-state index is -0.974. The summed E-state index contributed by atoms with van der Waals surface area (Å²) in [5.41, 5.74) is 0.507. The number of carbonyl (C=O) groups is 1. The Morgan fingerprint density at radius 2 is 2.00 bits per heavy atom. The first kappa shape index (κ1) is 19.3. The van der Waals surface area contributed by atoms with E-state index in [0.717, 1.165) is 43.8 Å². The summed E-state index contributed by atoms with van der Waals surface area (Å²) in [6, 6.07) is 4.90. The number of hydrogen-bond donors (Lipinski definition) is 0. The number of hydrogen-bond acceptors (Lipinski definition) is 4. The van der Waals surface area contributed by atoms with Crippen LogP contribution in [-0.2, 0) is 13.0 Å². The summed E-state index contributed by atoms with van der Waals surface area (Å²) in [5.74, 6) is -0.316. The molecule has 0 atom stereocenters. The molecule has 1 aliphatic heterocycles. The average Bonchev–Trinajstić information content (AvgIpc) is 3.39. The van der Waals surface area contributed by atoms with Crippen LogP contribution in [0, 0.1) is 17.6 Å². The Morgan fingerprint density at radius 3 is 2.72 bits per heavy atom. The van der Waals surface area contributed by atoms with Gasteiger partial charge in [0.15, 0.2) is 23.1 Å². The predicted octanol–water partition coefficient (Wildman–Crippen LogP) is 3.93. The van der Waals surface area contributed by atoms with Crippen LogP contribution in [-0.4, -0.2) is 38.6 Å². The maximum Gasteiger partial charge on any atom is 0.276 e. The molecule has 8 heteroatoms. The van der Waals surface area contributed by atoms with Gasteiger partial charge < -0.3 is 14.0 Å². The van der Waals surface area contributed by atoms with Crippen molar-refractivity contribution < 1.29 is 18.1 Å². The van der Waals surface area contributed by atoms with Crippen molar-refractivity contribution in [2.75, 3.05) is 13.1 Å². The summed E-state index contributed by atoms with van der Waals surface area (Å²) >= 11 is 0. The molecule has 29 heavy (non-hydrogen) atoms. The van der Waals surface area contributed by atoms with Crippen molar-refractivity contribution in [3.05, 3.63) is 59.8 Å². The molecule has 0 radical (unpaired) electrons. The van der Waals surface area contributed by atoms with Crippen LogP contribution >= 0.6 is 0 Å². The zero-order valence-corrected chi connectivity index (χ0v) is 16.1. The Balaban J connectivity index is 1.37. The Hall–Kier alpha value is -3.03. The largest absolute Gasteiger partial charge is 0.355 e. The lowest BCUT2D eigenvalue weighted by molar-refractivity contribution is 0.0672. The van der Waals surface area contributed by atoms with E-state index in [1.165, 1.54) is 12.1 Å². The normalized spacial score (nSPS) is 15.1. The van der Waals surface area contributed by atoms with Crippen molar-refractivity contribution in [3.63, 3.8) is 0 Å². The van der Waals surface area contributed by atoms with Crippen LogP contribution < -0.4 is 0 Å². The second kappa shape index (κ2) is 8.14. The number of carbonyl (C=O) groups excluding carboxylic acids is 1. The molecule has 3 aromatic rings. The van der Waals surface area contributed by atoms with Crippen LogP contribution in [0.1, 0.15) is 36.1 Å². The van der Waals surface area contributed by atoms with Gasteiger partial charge in [0, 0.05) is 50.1 Å². The van der Waals surface area contributed by atoms with Crippen LogP contribution in [0.3, 0.4) is 0 Å². The topological polar surface area (TPSA) is 64.2 Å². The van der Waals surface area contributed by atoms with Gasteiger partial charge >= 0.3 is 0 Å². The Labute approximate surface area is 167 Å². The molecule has 1 saturated heterocycles. The van der Waals surface area contributed by atoms with Gasteiger partial charge in [-0.2, -0.15) is 0 Å². The summed E-state index contributed by atoms with van der Waals surface area (Å²) in [5, 5.41) is 3.83. The van der Waals surface area contributed by atoms with E-state index >= 15 is 0 Å². The third-order valence-corrected chi connectivity index (χ3v) is 5.41. The van der Waals surface area contributed by atoms with E-state index < -0.39 is 11.6 Å². The molecule has 1 aliphatic rings. The fraction of sp³-hybridized carbons (Fsp3) is 0.381. The number of aromatic nitrogens is 3. The Morgan fingerprint density at radius 1 is 1.21 bits per heavy atom. The molecule has 152 valence electrons. The minimum absolute atomic E-state index is 0.172. The predicted molar refractivity (Wildman–Crippen MR) is 102 cm³/mol. The zero-order chi connectivity index (χ0) is 20.4. The lowest BCUT2D eigenvalue weighted by atomic mass is 9.96. The van der Waals surface area contributed by atoms with E-state index in [-0.39, 0.29) is 17.4 Å². The number of halogens is 2. The maximum absolute atomic E-state index is 13.4. The highest BCUT2D eigenvalue weighted by atomic mass is 19.2. The van der Waals surface area contributed by atoms with Crippen LogP contribution in [0.2, 0.25) is 0 Å². The monoisotopic (exact) mass is 400 g/mol. The molecule has 0 saturated carbocycles. The molecule has 4 rings (SSSR count). The first-order valence-corrected chi connectivity index (χ1v) is 9.76. The molecule has 1 fully saturated rings. The number of likely N-dealkylation sites (tertiary alicyclic amines) is 1. The fourth-order valence-electron chi connectivity index (χ4n) is 3.74. The number of imidazole rings is 1. The lowest BCUT2D eigenvalue weighted by Gasteiger charge is -2.31. The van der Waals surface area contributed by atoms with Crippen LogP contribution in [0.5, 0.6) is 0 Å². The molecule has 2 aromatic heterocycles. The van der Waals surface area contributed by atoms with Crippen molar-refractivity contribution >= 4 is 5.91 Å². The SMILES string of the molecule is CCc1nccn1CC1CCN(C(=O)c2cc(-c3ccc(F)c(F)c3)on2)CC1. The van der Waals surface area contributed by atoms with Gasteiger partial charge in [-0.05, 0) is 37.0 Å². The summed E-state index contributed by atoms with van der Waals surface area (Å²) < 4.78 is 33.9. The standard InChI is InChI=1S/C21H22F2N4O2/c1-2-20-24-7-10-27(20)13-14-5-8-26(9-6-14)21(28)18-12-19(29-25-18)15-3-4-16(22)17(23)11-15/h3-4,7,10-12,14H,2,5-6,8-9,13H2,1H3. The van der Waals surface area contributed by atoms with Crippen LogP contribution in [0.25, 0.3) is 11.3 Å². The highest BCUT2D eigenvalue weighted by molar-refractivity contribution is 5.93. The average molecular weight is 400 g/mol. The molecule has 0 unspecified atom stereocenters. The summed E-state index contributed by atoms with van der Waals surface area (Å²) in [4.78, 5) is 18.9. The minimum Gasteiger partial charge on any atom is -0.355 e. The van der Waals surface area contributed by atoms with Crippen molar-refractivity contribution in [2.24, 2.45) is 5.92 Å². The highest BCUT2D eigenvalue weighted by Crippen LogP contribution is 2.25. The smallest absolute Gasteiger partial charge is 0.276 e. The number of piperidine rings is 1. The molecule has 3 heterocycles. The molecule has 0 bridgehead atoms. The summed E-state index contributed by atoms with van der Waals surface area (Å²) in [6.45, 7) is 4.29. The lowest BCUT2D eigenvalue weighted by Crippen LogP contribution is -2.39. The third kappa shape index (κ3) is 4.06. The van der Waals surface area contributed by atoms with Gasteiger partial charge in [-0.3, -0.25) is 4.79 Å². The van der Waals surface area contributed by atoms with Crippen molar-refractivity contribution in [1.29, 1.82) is 0 Å². The zero-order valence-electron chi connectivity index (χ0n) is 16.1. The van der Waals surface area contributed by atoms with Gasteiger partial charge in [-0.1, -0.05) is 12.1 Å². The van der Waals surface area contributed by atoms with Crippen molar-refractivity contribution in [2.45, 2.75) is 32.7 Å². The van der Waals surface area contributed by atoms with Gasteiger partial charge in [0.2, 0.25) is 0 Å². The first-order chi connectivity index (χ1) is 14.0. The molecule has 0 spiro atoms. The first-order valence-electron chi connectivity index (χ1n) is 9.76.